The zero-order chi connectivity index (χ0) is 15.4. The lowest BCUT2D eigenvalue weighted by Gasteiger charge is -2.20. The molecule has 1 aromatic heterocycles. The van der Waals surface area contributed by atoms with Crippen molar-refractivity contribution in [3.63, 3.8) is 0 Å². The Labute approximate surface area is 130 Å². The first-order valence-corrected chi connectivity index (χ1v) is 8.15. The van der Waals surface area contributed by atoms with E-state index in [1.54, 1.807) is 12.4 Å². The summed E-state index contributed by atoms with van der Waals surface area (Å²) in [6.07, 6.45) is 8.52. The van der Waals surface area contributed by atoms with Crippen LogP contribution in [0.5, 0.6) is 0 Å². The van der Waals surface area contributed by atoms with Crippen LogP contribution in [0.4, 0.5) is 0 Å². The van der Waals surface area contributed by atoms with E-state index in [0.29, 0.717) is 25.4 Å². The highest BCUT2D eigenvalue weighted by Crippen LogP contribution is 2.48. The molecule has 5 heteroatoms. The third kappa shape index (κ3) is 3.64. The van der Waals surface area contributed by atoms with Crippen molar-refractivity contribution in [2.45, 2.75) is 38.6 Å². The molecule has 2 aliphatic carbocycles. The Bertz CT molecular complexity index is 532. The summed E-state index contributed by atoms with van der Waals surface area (Å²) >= 11 is 0. The molecule has 1 aromatic rings. The fourth-order valence-electron chi connectivity index (χ4n) is 3.79. The average Bonchev–Trinajstić information content (AvgIpc) is 3.17. The van der Waals surface area contributed by atoms with Gasteiger partial charge in [0.05, 0.1) is 0 Å². The normalized spacial score (nSPS) is 25.9. The molecule has 0 spiro atoms. The van der Waals surface area contributed by atoms with Crippen molar-refractivity contribution < 1.29 is 9.59 Å². The number of rotatable bonds is 6. The van der Waals surface area contributed by atoms with Crippen LogP contribution in [0.25, 0.3) is 0 Å². The zero-order valence-electron chi connectivity index (χ0n) is 12.8. The number of hydrogen-bond acceptors (Lipinski definition) is 3. The second kappa shape index (κ2) is 6.90. The van der Waals surface area contributed by atoms with E-state index in [4.69, 9.17) is 0 Å². The van der Waals surface area contributed by atoms with Crippen LogP contribution >= 0.6 is 0 Å². The maximum Gasteiger partial charge on any atom is 0.223 e. The molecule has 22 heavy (non-hydrogen) atoms. The molecule has 0 aromatic carbocycles. The minimum Gasteiger partial charge on any atom is -0.355 e. The summed E-state index contributed by atoms with van der Waals surface area (Å²) in [5.74, 6) is 1.66. The molecule has 3 unspecified atom stereocenters. The van der Waals surface area contributed by atoms with E-state index in [-0.39, 0.29) is 17.7 Å². The van der Waals surface area contributed by atoms with E-state index >= 15 is 0 Å². The van der Waals surface area contributed by atoms with Crippen LogP contribution in [0.15, 0.2) is 24.5 Å². The molecular weight excluding hydrogens is 278 g/mol. The summed E-state index contributed by atoms with van der Waals surface area (Å²) in [5, 5.41) is 5.78. The van der Waals surface area contributed by atoms with E-state index < -0.39 is 0 Å². The molecule has 0 saturated heterocycles. The summed E-state index contributed by atoms with van der Waals surface area (Å²) in [6, 6.07) is 3.74. The predicted octanol–water partition coefficient (Wildman–Crippen LogP) is 1.64. The lowest BCUT2D eigenvalue weighted by Crippen LogP contribution is -2.36. The first kappa shape index (κ1) is 15.0. The molecule has 5 nitrogen and oxygen atoms in total. The van der Waals surface area contributed by atoms with Crippen molar-refractivity contribution in [3.05, 3.63) is 30.1 Å². The third-order valence-electron chi connectivity index (χ3n) is 4.97. The van der Waals surface area contributed by atoms with Gasteiger partial charge >= 0.3 is 0 Å². The number of pyridine rings is 1. The van der Waals surface area contributed by atoms with Gasteiger partial charge in [-0.3, -0.25) is 14.6 Å². The molecule has 118 valence electrons. The Morgan fingerprint density at radius 1 is 1.14 bits per heavy atom. The fourth-order valence-corrected chi connectivity index (χ4v) is 3.79. The van der Waals surface area contributed by atoms with Crippen LogP contribution < -0.4 is 10.6 Å². The summed E-state index contributed by atoms with van der Waals surface area (Å²) in [6.45, 7) is 0.927. The minimum absolute atomic E-state index is 0.0370. The Morgan fingerprint density at radius 3 is 2.64 bits per heavy atom. The van der Waals surface area contributed by atoms with Gasteiger partial charge in [-0.15, -0.1) is 0 Å². The van der Waals surface area contributed by atoms with Gasteiger partial charge in [-0.2, -0.15) is 0 Å². The van der Waals surface area contributed by atoms with Crippen molar-refractivity contribution in [2.24, 2.45) is 17.8 Å². The maximum absolute atomic E-state index is 12.1. The average molecular weight is 301 g/mol. The van der Waals surface area contributed by atoms with Crippen molar-refractivity contribution in [1.29, 1.82) is 0 Å². The molecule has 3 atom stereocenters. The van der Waals surface area contributed by atoms with Crippen LogP contribution in [-0.2, 0) is 16.1 Å². The highest BCUT2D eigenvalue weighted by molar-refractivity contribution is 5.81. The Morgan fingerprint density at radius 2 is 1.95 bits per heavy atom. The highest BCUT2D eigenvalue weighted by atomic mass is 16.2. The number of aromatic nitrogens is 1. The molecule has 2 fully saturated rings. The van der Waals surface area contributed by atoms with Crippen LogP contribution in [0.3, 0.4) is 0 Å². The Kier molecular flexibility index (Phi) is 4.71. The SMILES string of the molecule is O=C(CCNC(=O)C1CC2CCC1C2)NCc1ccncc1. The lowest BCUT2D eigenvalue weighted by molar-refractivity contribution is -0.126. The topological polar surface area (TPSA) is 71.1 Å². The molecule has 0 aliphatic heterocycles. The van der Waals surface area contributed by atoms with E-state index in [2.05, 4.69) is 15.6 Å². The van der Waals surface area contributed by atoms with E-state index in [1.165, 1.54) is 19.3 Å². The predicted molar refractivity (Wildman–Crippen MR) is 82.6 cm³/mol. The van der Waals surface area contributed by atoms with Gasteiger partial charge in [0.25, 0.3) is 0 Å². The van der Waals surface area contributed by atoms with Gasteiger partial charge in [0.15, 0.2) is 0 Å². The molecule has 2 amide bonds. The van der Waals surface area contributed by atoms with Crippen LogP contribution in [0.2, 0.25) is 0 Å². The maximum atomic E-state index is 12.1. The molecule has 2 aliphatic rings. The standard InChI is InChI=1S/C17H23N3O2/c21-16(20-11-12-3-6-18-7-4-12)5-8-19-17(22)15-10-13-1-2-14(15)9-13/h3-4,6-7,13-15H,1-2,5,8-11H2,(H,19,22)(H,20,21). The Balaban J connectivity index is 1.33. The second-order valence-corrected chi connectivity index (χ2v) is 6.45. The van der Waals surface area contributed by atoms with Crippen molar-refractivity contribution in [3.8, 4) is 0 Å². The molecule has 2 N–H and O–H groups in total. The van der Waals surface area contributed by atoms with E-state index in [9.17, 15) is 9.59 Å². The molecule has 0 radical (unpaired) electrons. The summed E-state index contributed by atoms with van der Waals surface area (Å²) in [5.41, 5.74) is 1.02. The van der Waals surface area contributed by atoms with Gasteiger partial charge < -0.3 is 10.6 Å². The third-order valence-corrected chi connectivity index (χ3v) is 4.97. The van der Waals surface area contributed by atoms with E-state index in [1.807, 2.05) is 12.1 Å². The fraction of sp³-hybridized carbons (Fsp3) is 0.588. The van der Waals surface area contributed by atoms with Gasteiger partial charge in [0.2, 0.25) is 11.8 Å². The molecular formula is C17H23N3O2. The van der Waals surface area contributed by atoms with Crippen LogP contribution in [0, 0.1) is 17.8 Å². The smallest absolute Gasteiger partial charge is 0.223 e. The summed E-state index contributed by atoms with van der Waals surface area (Å²) in [7, 11) is 0. The van der Waals surface area contributed by atoms with Crippen LogP contribution in [-0.4, -0.2) is 23.3 Å². The lowest BCUT2D eigenvalue weighted by atomic mass is 9.88. The number of hydrogen-bond donors (Lipinski definition) is 2. The first-order chi connectivity index (χ1) is 10.7. The second-order valence-electron chi connectivity index (χ2n) is 6.45. The quantitative estimate of drug-likeness (QED) is 0.839. The zero-order valence-corrected chi connectivity index (χ0v) is 12.8. The molecule has 2 saturated carbocycles. The summed E-state index contributed by atoms with van der Waals surface area (Å²) in [4.78, 5) is 27.9. The number of carbonyl (C=O) groups is 2. The first-order valence-electron chi connectivity index (χ1n) is 8.15. The minimum atomic E-state index is -0.0370. The summed E-state index contributed by atoms with van der Waals surface area (Å²) < 4.78 is 0. The van der Waals surface area contributed by atoms with Crippen molar-refractivity contribution in [1.82, 2.24) is 15.6 Å². The molecule has 3 rings (SSSR count). The van der Waals surface area contributed by atoms with E-state index in [0.717, 1.165) is 17.9 Å². The van der Waals surface area contributed by atoms with Crippen molar-refractivity contribution >= 4 is 11.8 Å². The number of nitrogens with zero attached hydrogens (tertiary/aromatic N) is 1. The number of amides is 2. The number of fused-ring (bicyclic) bond motifs is 2. The molecule has 1 heterocycles. The molecule has 2 bridgehead atoms. The highest BCUT2D eigenvalue weighted by Gasteiger charge is 2.42. The van der Waals surface area contributed by atoms with Gasteiger partial charge in [-0.25, -0.2) is 0 Å². The van der Waals surface area contributed by atoms with Gasteiger partial charge in [0.1, 0.15) is 0 Å². The number of nitrogens with one attached hydrogen (secondary N) is 2. The Hall–Kier alpha value is -1.91. The van der Waals surface area contributed by atoms with Crippen LogP contribution in [0.1, 0.15) is 37.7 Å². The number of carbonyl (C=O) groups excluding carboxylic acids is 2. The largest absolute Gasteiger partial charge is 0.355 e. The van der Waals surface area contributed by atoms with Gasteiger partial charge in [0, 0.05) is 37.8 Å². The van der Waals surface area contributed by atoms with Gasteiger partial charge in [-0.1, -0.05) is 6.42 Å². The van der Waals surface area contributed by atoms with Crippen molar-refractivity contribution in [2.75, 3.05) is 6.54 Å². The monoisotopic (exact) mass is 301 g/mol. The van der Waals surface area contributed by atoms with Gasteiger partial charge in [-0.05, 0) is 48.8 Å².